The van der Waals surface area contributed by atoms with E-state index in [0.29, 0.717) is 11.2 Å². The van der Waals surface area contributed by atoms with Gasteiger partial charge >= 0.3 is 0 Å². The molecule has 24 heavy (non-hydrogen) atoms. The molecule has 3 atom stereocenters. The first-order valence-electron chi connectivity index (χ1n) is 8.65. The van der Waals surface area contributed by atoms with Crippen LogP contribution in [0.3, 0.4) is 0 Å². The van der Waals surface area contributed by atoms with E-state index in [1.54, 1.807) is 0 Å². The molecule has 0 bridgehead atoms. The van der Waals surface area contributed by atoms with E-state index in [1.807, 2.05) is 24.0 Å². The molecule has 0 aliphatic carbocycles. The maximum absolute atomic E-state index is 5.03. The van der Waals surface area contributed by atoms with Crippen molar-refractivity contribution in [3.05, 3.63) is 65.5 Å². The van der Waals surface area contributed by atoms with Crippen LogP contribution >= 0.6 is 11.8 Å². The van der Waals surface area contributed by atoms with Crippen molar-refractivity contribution in [2.75, 3.05) is 6.54 Å². The topological polar surface area (TPSA) is 28.5 Å². The lowest BCUT2D eigenvalue weighted by Gasteiger charge is -2.27. The first kappa shape index (κ1) is 15.7. The third-order valence-electron chi connectivity index (χ3n) is 4.83. The zero-order valence-electron chi connectivity index (χ0n) is 14.4. The average Bonchev–Trinajstić information content (AvgIpc) is 3.11. The normalized spacial score (nSPS) is 25.9. The van der Waals surface area contributed by atoms with Crippen molar-refractivity contribution < 1.29 is 0 Å². The Morgan fingerprint density at radius 1 is 1.12 bits per heavy atom. The summed E-state index contributed by atoms with van der Waals surface area (Å²) in [4.78, 5) is 12.1. The zero-order valence-corrected chi connectivity index (χ0v) is 15.2. The van der Waals surface area contributed by atoms with Gasteiger partial charge in [0.15, 0.2) is 5.17 Å². The lowest BCUT2D eigenvalue weighted by molar-refractivity contribution is 0.321. The van der Waals surface area contributed by atoms with E-state index in [2.05, 4.69) is 67.1 Å². The Balaban J connectivity index is 1.72. The molecule has 1 aromatic carbocycles. The molecule has 0 radical (unpaired) electrons. The van der Waals surface area contributed by atoms with Gasteiger partial charge in [-0.15, -0.1) is 0 Å². The highest BCUT2D eigenvalue weighted by atomic mass is 32.2. The number of rotatable bonds is 3. The highest BCUT2D eigenvalue weighted by Gasteiger charge is 2.43. The minimum absolute atomic E-state index is 0.0890. The van der Waals surface area contributed by atoms with E-state index in [1.165, 1.54) is 16.3 Å². The second-order valence-corrected chi connectivity index (χ2v) is 8.36. The molecule has 2 aromatic rings. The van der Waals surface area contributed by atoms with Gasteiger partial charge < -0.3 is 4.90 Å². The summed E-state index contributed by atoms with van der Waals surface area (Å²) >= 11 is 1.89. The number of aliphatic imine (C=N–C) groups is 1. The smallest absolute Gasteiger partial charge is 0.160 e. The first-order valence-corrected chi connectivity index (χ1v) is 9.53. The summed E-state index contributed by atoms with van der Waals surface area (Å²) < 4.78 is 0. The van der Waals surface area contributed by atoms with Crippen LogP contribution in [0.15, 0.2) is 53.7 Å². The minimum Gasteiger partial charge on any atom is -0.341 e. The third-order valence-corrected chi connectivity index (χ3v) is 5.93. The summed E-state index contributed by atoms with van der Waals surface area (Å²) in [7, 11) is 0. The van der Waals surface area contributed by atoms with E-state index in [-0.39, 0.29) is 12.1 Å². The van der Waals surface area contributed by atoms with Crippen molar-refractivity contribution in [3.8, 4) is 0 Å². The number of pyridine rings is 1. The number of thioether (sulfide) groups is 1. The van der Waals surface area contributed by atoms with Gasteiger partial charge in [-0.05, 0) is 29.2 Å². The van der Waals surface area contributed by atoms with Crippen LogP contribution in [0.25, 0.3) is 0 Å². The first-order chi connectivity index (χ1) is 11.6. The van der Waals surface area contributed by atoms with Gasteiger partial charge in [0.05, 0.1) is 11.7 Å². The number of hydrogen-bond acceptors (Lipinski definition) is 4. The summed E-state index contributed by atoms with van der Waals surface area (Å²) in [5.41, 5.74) is 3.78. The fourth-order valence-electron chi connectivity index (χ4n) is 3.56. The van der Waals surface area contributed by atoms with Crippen molar-refractivity contribution in [3.63, 3.8) is 0 Å². The molecule has 1 aromatic heterocycles. The SMILES string of the molecule is CC(C)c1ccc([C@H]2[C@H](c3ccccn3)N=C3S[C@H](C)CN32)cc1. The molecule has 124 valence electrons. The molecule has 4 heteroatoms. The summed E-state index contributed by atoms with van der Waals surface area (Å²) in [5.74, 6) is 0.559. The lowest BCUT2D eigenvalue weighted by Crippen LogP contribution is -2.28. The standard InChI is InChI=1S/C20H23N3S/c1-13(2)15-7-9-16(10-8-15)19-18(17-6-4-5-11-21-17)22-20-23(19)12-14(3)24-20/h4-11,13-14,18-19H,12H2,1-3H3/t14-,18+,19+/m1/s1. The van der Waals surface area contributed by atoms with E-state index in [0.717, 1.165) is 12.2 Å². The number of fused-ring (bicyclic) bond motifs is 1. The van der Waals surface area contributed by atoms with Gasteiger partial charge in [0.2, 0.25) is 0 Å². The molecule has 0 amide bonds. The Kier molecular flexibility index (Phi) is 4.09. The summed E-state index contributed by atoms with van der Waals surface area (Å²) in [6, 6.07) is 15.6. The molecular weight excluding hydrogens is 314 g/mol. The van der Waals surface area contributed by atoms with Crippen molar-refractivity contribution in [1.82, 2.24) is 9.88 Å². The molecule has 0 unspecified atom stereocenters. The van der Waals surface area contributed by atoms with Gasteiger partial charge in [0.1, 0.15) is 6.04 Å². The van der Waals surface area contributed by atoms with Crippen LogP contribution in [0.2, 0.25) is 0 Å². The Morgan fingerprint density at radius 2 is 1.92 bits per heavy atom. The molecule has 1 fully saturated rings. The fraction of sp³-hybridized carbons (Fsp3) is 0.400. The van der Waals surface area contributed by atoms with Crippen molar-refractivity contribution >= 4 is 16.9 Å². The molecular formula is C20H23N3S. The zero-order chi connectivity index (χ0) is 16.7. The Morgan fingerprint density at radius 3 is 2.58 bits per heavy atom. The Labute approximate surface area is 148 Å². The van der Waals surface area contributed by atoms with Crippen molar-refractivity contribution in [2.24, 2.45) is 4.99 Å². The summed E-state index contributed by atoms with van der Waals surface area (Å²) in [6.45, 7) is 7.81. The average molecular weight is 337 g/mol. The predicted octanol–water partition coefficient (Wildman–Crippen LogP) is 4.79. The van der Waals surface area contributed by atoms with Crippen LogP contribution in [-0.2, 0) is 0 Å². The highest BCUT2D eigenvalue weighted by Crippen LogP contribution is 2.47. The van der Waals surface area contributed by atoms with Crippen molar-refractivity contribution in [1.29, 1.82) is 0 Å². The van der Waals surface area contributed by atoms with Crippen LogP contribution in [0.1, 0.15) is 55.6 Å². The lowest BCUT2D eigenvalue weighted by atomic mass is 9.94. The quantitative estimate of drug-likeness (QED) is 0.806. The molecule has 2 aliphatic heterocycles. The number of nitrogens with zero attached hydrogens (tertiary/aromatic N) is 3. The molecule has 4 rings (SSSR count). The maximum Gasteiger partial charge on any atom is 0.160 e. The van der Waals surface area contributed by atoms with Gasteiger partial charge in [-0.3, -0.25) is 9.98 Å². The van der Waals surface area contributed by atoms with Gasteiger partial charge in [0, 0.05) is 18.0 Å². The van der Waals surface area contributed by atoms with Crippen LogP contribution < -0.4 is 0 Å². The van der Waals surface area contributed by atoms with Crippen LogP contribution in [0.4, 0.5) is 0 Å². The van der Waals surface area contributed by atoms with Crippen molar-refractivity contribution in [2.45, 2.75) is 44.0 Å². The van der Waals surface area contributed by atoms with Crippen LogP contribution in [-0.4, -0.2) is 26.8 Å². The molecule has 0 saturated carbocycles. The monoisotopic (exact) mass is 337 g/mol. The molecule has 3 heterocycles. The summed E-state index contributed by atoms with van der Waals surface area (Å²) in [6.07, 6.45) is 1.87. The maximum atomic E-state index is 5.03. The van der Waals surface area contributed by atoms with Crippen LogP contribution in [0.5, 0.6) is 0 Å². The molecule has 3 nitrogen and oxygen atoms in total. The largest absolute Gasteiger partial charge is 0.341 e. The third kappa shape index (κ3) is 2.73. The molecule has 2 aliphatic rings. The summed E-state index contributed by atoms with van der Waals surface area (Å²) in [5, 5.41) is 1.78. The fourth-order valence-corrected chi connectivity index (χ4v) is 4.65. The number of amidine groups is 1. The number of benzene rings is 1. The van der Waals surface area contributed by atoms with E-state index < -0.39 is 0 Å². The molecule has 0 spiro atoms. The molecule has 1 saturated heterocycles. The van der Waals surface area contributed by atoms with E-state index in [9.17, 15) is 0 Å². The highest BCUT2D eigenvalue weighted by molar-refractivity contribution is 8.14. The van der Waals surface area contributed by atoms with E-state index in [4.69, 9.17) is 4.99 Å². The second-order valence-electron chi connectivity index (χ2n) is 6.96. The molecule has 0 N–H and O–H groups in total. The number of aromatic nitrogens is 1. The second kappa shape index (κ2) is 6.25. The predicted molar refractivity (Wildman–Crippen MR) is 101 cm³/mol. The van der Waals surface area contributed by atoms with Crippen LogP contribution in [0, 0.1) is 0 Å². The Hall–Kier alpha value is -1.81. The minimum atomic E-state index is 0.0890. The Bertz CT molecular complexity index is 739. The van der Waals surface area contributed by atoms with Gasteiger partial charge in [-0.25, -0.2) is 0 Å². The van der Waals surface area contributed by atoms with Gasteiger partial charge in [-0.2, -0.15) is 0 Å². The van der Waals surface area contributed by atoms with Gasteiger partial charge in [0.25, 0.3) is 0 Å². The van der Waals surface area contributed by atoms with E-state index >= 15 is 0 Å². The van der Waals surface area contributed by atoms with Gasteiger partial charge in [-0.1, -0.05) is 62.9 Å². The number of hydrogen-bond donors (Lipinski definition) is 0.